The lowest BCUT2D eigenvalue weighted by molar-refractivity contribution is -0.192. The maximum absolute atomic E-state index is 13.9. The number of carbonyl (C=O) groups excluding carboxylic acids is 1. The molecule has 2 aromatic rings. The Kier molecular flexibility index (Phi) is 9.15. The van der Waals surface area contributed by atoms with Gasteiger partial charge in [-0.1, -0.05) is 19.3 Å². The van der Waals surface area contributed by atoms with Gasteiger partial charge < -0.3 is 29.5 Å². The van der Waals surface area contributed by atoms with Crippen molar-refractivity contribution in [2.24, 2.45) is 18.9 Å². The molecule has 1 saturated carbocycles. The molecule has 3 aliphatic heterocycles. The third kappa shape index (κ3) is 6.44. The molecule has 4 aliphatic rings. The van der Waals surface area contributed by atoms with Gasteiger partial charge in [0, 0.05) is 52.4 Å². The number of morpholine rings is 1. The summed E-state index contributed by atoms with van der Waals surface area (Å²) in [6, 6.07) is 0.356. The Morgan fingerprint density at radius 1 is 1.02 bits per heavy atom. The monoisotopic (exact) mass is 613 g/mol. The molecule has 1 amide bonds. The molecule has 2 unspecified atom stereocenters. The predicted molar refractivity (Wildman–Crippen MR) is 149 cm³/mol. The number of amides is 1. The third-order valence-corrected chi connectivity index (χ3v) is 8.98. The molecule has 2 aromatic heterocycles. The lowest BCUT2D eigenvalue weighted by Gasteiger charge is -2.28. The van der Waals surface area contributed by atoms with Crippen molar-refractivity contribution in [3.05, 3.63) is 20.8 Å². The first-order valence-corrected chi connectivity index (χ1v) is 14.8. The van der Waals surface area contributed by atoms with Gasteiger partial charge in [0.15, 0.2) is 11.2 Å². The van der Waals surface area contributed by atoms with Crippen molar-refractivity contribution in [1.29, 1.82) is 0 Å². The van der Waals surface area contributed by atoms with Crippen molar-refractivity contribution in [3.63, 3.8) is 0 Å². The van der Waals surface area contributed by atoms with E-state index in [-0.39, 0.29) is 12.5 Å². The third-order valence-electron chi connectivity index (χ3n) is 8.98. The van der Waals surface area contributed by atoms with E-state index in [0.717, 1.165) is 56.0 Å². The van der Waals surface area contributed by atoms with Crippen molar-refractivity contribution < 1.29 is 32.6 Å². The SMILES string of the molecule is Cn1c(=O)n(CC(=O)N2CCOCC2)c(=O)c2c1nc(N1CCC3CNCC31)n2CC1CCCCC1.O=C(O)C(F)(F)F. The number of anilines is 1. The number of nitrogens with zero attached hydrogens (tertiary/aromatic N) is 6. The van der Waals surface area contributed by atoms with Crippen molar-refractivity contribution in [1.82, 2.24) is 28.9 Å². The van der Waals surface area contributed by atoms with Crippen LogP contribution in [0.4, 0.5) is 19.1 Å². The fourth-order valence-electron chi connectivity index (χ4n) is 6.67. The zero-order valence-corrected chi connectivity index (χ0v) is 24.1. The van der Waals surface area contributed by atoms with Crippen LogP contribution in [0.15, 0.2) is 9.59 Å². The summed E-state index contributed by atoms with van der Waals surface area (Å²) in [5, 5.41) is 10.6. The van der Waals surface area contributed by atoms with Crippen LogP contribution in [0.3, 0.4) is 0 Å². The van der Waals surface area contributed by atoms with Crippen LogP contribution in [0, 0.1) is 11.8 Å². The molecule has 2 N–H and O–H groups in total. The van der Waals surface area contributed by atoms with Crippen molar-refractivity contribution in [2.45, 2.75) is 63.8 Å². The first-order chi connectivity index (χ1) is 20.5. The lowest BCUT2D eigenvalue weighted by atomic mass is 9.89. The van der Waals surface area contributed by atoms with Gasteiger partial charge in [0.2, 0.25) is 11.9 Å². The number of nitrogens with one attached hydrogen (secondary N) is 1. The Morgan fingerprint density at radius 3 is 2.35 bits per heavy atom. The summed E-state index contributed by atoms with van der Waals surface area (Å²) in [5.74, 6) is -1.12. The first kappa shape index (κ1) is 31.0. The molecule has 0 spiro atoms. The van der Waals surface area contributed by atoms with E-state index in [1.54, 1.807) is 11.9 Å². The lowest BCUT2D eigenvalue weighted by Crippen LogP contribution is -2.47. The molecule has 16 heteroatoms. The second-order valence-corrected chi connectivity index (χ2v) is 11.7. The molecule has 5 heterocycles. The summed E-state index contributed by atoms with van der Waals surface area (Å²) in [5.41, 5.74) is -0.0449. The summed E-state index contributed by atoms with van der Waals surface area (Å²) in [6.45, 7) is 5.19. The van der Waals surface area contributed by atoms with Crippen LogP contribution >= 0.6 is 0 Å². The van der Waals surface area contributed by atoms with Gasteiger partial charge in [-0.05, 0) is 31.1 Å². The minimum absolute atomic E-state index is 0.227. The number of hydrogen-bond donors (Lipinski definition) is 2. The molecular formula is C27H38F3N7O6. The number of carboxylic acid groups (broad SMARTS) is 1. The fraction of sp³-hybridized carbons (Fsp3) is 0.741. The van der Waals surface area contributed by atoms with Gasteiger partial charge in [0.25, 0.3) is 5.56 Å². The Bertz CT molecular complexity index is 1460. The van der Waals surface area contributed by atoms with E-state index in [4.69, 9.17) is 19.6 Å². The number of carboxylic acids is 1. The molecule has 4 fully saturated rings. The van der Waals surface area contributed by atoms with E-state index < -0.39 is 23.4 Å². The predicted octanol–water partition coefficient (Wildman–Crippen LogP) is 0.767. The molecule has 3 saturated heterocycles. The van der Waals surface area contributed by atoms with Gasteiger partial charge in [-0.15, -0.1) is 0 Å². The number of hydrogen-bond acceptors (Lipinski definition) is 8. The van der Waals surface area contributed by atoms with Gasteiger partial charge in [0.1, 0.15) is 6.54 Å². The van der Waals surface area contributed by atoms with Crippen LogP contribution < -0.4 is 21.5 Å². The zero-order chi connectivity index (χ0) is 30.9. The second kappa shape index (κ2) is 12.7. The molecule has 13 nitrogen and oxygen atoms in total. The molecule has 2 atom stereocenters. The molecular weight excluding hydrogens is 575 g/mol. The van der Waals surface area contributed by atoms with Crippen LogP contribution in [0.25, 0.3) is 11.2 Å². The van der Waals surface area contributed by atoms with E-state index in [0.29, 0.717) is 55.3 Å². The smallest absolute Gasteiger partial charge is 0.475 e. The molecule has 0 aromatic carbocycles. The zero-order valence-electron chi connectivity index (χ0n) is 24.1. The largest absolute Gasteiger partial charge is 0.490 e. The van der Waals surface area contributed by atoms with Crippen molar-refractivity contribution in [2.75, 3.05) is 50.8 Å². The highest BCUT2D eigenvalue weighted by molar-refractivity contribution is 5.78. The van der Waals surface area contributed by atoms with Crippen LogP contribution in [0.5, 0.6) is 0 Å². The minimum Gasteiger partial charge on any atom is -0.475 e. The number of aliphatic carboxylic acids is 1. The van der Waals surface area contributed by atoms with Crippen LogP contribution in [-0.4, -0.2) is 98.7 Å². The molecule has 238 valence electrons. The molecule has 6 rings (SSSR count). The standard InChI is InChI=1S/C25H37N7O4.C2HF3O2/c1-28-22-21(23(34)32(25(28)35)16-20(33)29-9-11-36-12-10-29)31(15-17-5-3-2-4-6-17)24(27-22)30-8-7-18-13-26-14-19(18)30;3-2(4,5)1(6)7/h17-19,26H,2-16H2,1H3;(H,6,7). The number of ether oxygens (including phenoxy) is 1. The fourth-order valence-corrected chi connectivity index (χ4v) is 6.67. The minimum atomic E-state index is -5.08. The normalized spacial score (nSPS) is 22.9. The highest BCUT2D eigenvalue weighted by Crippen LogP contribution is 2.34. The van der Waals surface area contributed by atoms with Crippen LogP contribution in [-0.2, 0) is 34.5 Å². The summed E-state index contributed by atoms with van der Waals surface area (Å²) in [4.78, 5) is 58.0. The maximum Gasteiger partial charge on any atom is 0.490 e. The Morgan fingerprint density at radius 2 is 1.70 bits per heavy atom. The van der Waals surface area contributed by atoms with E-state index in [2.05, 4.69) is 14.8 Å². The average Bonchev–Trinajstić information content (AvgIpc) is 3.70. The summed E-state index contributed by atoms with van der Waals surface area (Å²) >= 11 is 0. The molecule has 1 aliphatic carbocycles. The van der Waals surface area contributed by atoms with Crippen molar-refractivity contribution in [3.8, 4) is 0 Å². The number of carbonyl (C=O) groups is 2. The topological polar surface area (TPSA) is 144 Å². The highest BCUT2D eigenvalue weighted by atomic mass is 19.4. The Balaban J connectivity index is 0.000000472. The number of halogens is 3. The average molecular weight is 614 g/mol. The number of fused-ring (bicyclic) bond motifs is 2. The maximum atomic E-state index is 13.9. The van der Waals surface area contributed by atoms with Gasteiger partial charge in [-0.3, -0.25) is 14.2 Å². The molecule has 0 bridgehead atoms. The summed E-state index contributed by atoms with van der Waals surface area (Å²) in [7, 11) is 1.66. The number of aromatic nitrogens is 4. The number of imidazole rings is 1. The quantitative estimate of drug-likeness (QED) is 0.500. The van der Waals surface area contributed by atoms with E-state index in [1.807, 2.05) is 0 Å². The second-order valence-electron chi connectivity index (χ2n) is 11.7. The van der Waals surface area contributed by atoms with Gasteiger partial charge in [0.05, 0.1) is 13.2 Å². The molecule has 0 radical (unpaired) electrons. The Hall–Kier alpha value is -3.40. The number of alkyl halides is 3. The van der Waals surface area contributed by atoms with Crippen LogP contribution in [0.1, 0.15) is 38.5 Å². The first-order valence-electron chi connectivity index (χ1n) is 14.8. The van der Waals surface area contributed by atoms with E-state index in [9.17, 15) is 27.6 Å². The van der Waals surface area contributed by atoms with Crippen LogP contribution in [0.2, 0.25) is 0 Å². The van der Waals surface area contributed by atoms with Gasteiger partial charge >= 0.3 is 17.8 Å². The summed E-state index contributed by atoms with van der Waals surface area (Å²) in [6.07, 6.45) is 1.98. The van der Waals surface area contributed by atoms with Gasteiger partial charge in [-0.25, -0.2) is 14.2 Å². The highest BCUT2D eigenvalue weighted by Gasteiger charge is 2.41. The Labute approximate surface area is 245 Å². The number of aryl methyl sites for hydroxylation is 1. The number of rotatable bonds is 5. The molecule has 43 heavy (non-hydrogen) atoms. The van der Waals surface area contributed by atoms with Gasteiger partial charge in [-0.2, -0.15) is 18.2 Å². The van der Waals surface area contributed by atoms with E-state index in [1.165, 1.54) is 23.8 Å². The summed E-state index contributed by atoms with van der Waals surface area (Å²) < 4.78 is 41.7. The van der Waals surface area contributed by atoms with E-state index >= 15 is 0 Å². The van der Waals surface area contributed by atoms with Crippen molar-refractivity contribution >= 4 is 29.0 Å².